The largest absolute Gasteiger partial charge is 0.394 e. The smallest absolute Gasteiger partial charge is 0.252 e. The molecule has 3 nitrogen and oxygen atoms in total. The Kier molecular flexibility index (Phi) is 4.63. The Hall–Kier alpha value is -0.870. The van der Waals surface area contributed by atoms with Crippen LogP contribution in [0, 0.1) is 0 Å². The molecule has 0 fully saturated rings. The fraction of sp³-hybridized carbons (Fsp3) is 0.667. The molecule has 19 heavy (non-hydrogen) atoms. The molecule has 1 aliphatic rings. The zero-order valence-corrected chi connectivity index (χ0v) is 12.6. The van der Waals surface area contributed by atoms with Crippen molar-refractivity contribution in [3.63, 3.8) is 0 Å². The Balaban J connectivity index is 2.18. The summed E-state index contributed by atoms with van der Waals surface area (Å²) in [6.45, 7) is 4.00. The van der Waals surface area contributed by atoms with Gasteiger partial charge in [-0.25, -0.2) is 0 Å². The summed E-state index contributed by atoms with van der Waals surface area (Å²) in [5.41, 5.74) is 1.60. The van der Waals surface area contributed by atoms with E-state index in [0.29, 0.717) is 0 Å². The second-order valence-corrected chi connectivity index (χ2v) is 6.32. The molecular formula is C15H23NO2S. The van der Waals surface area contributed by atoms with E-state index in [2.05, 4.69) is 5.32 Å². The van der Waals surface area contributed by atoms with Gasteiger partial charge < -0.3 is 10.4 Å². The minimum atomic E-state index is -0.472. The van der Waals surface area contributed by atoms with Crippen LogP contribution < -0.4 is 5.32 Å². The summed E-state index contributed by atoms with van der Waals surface area (Å²) in [7, 11) is 0. The highest BCUT2D eigenvalue weighted by atomic mass is 32.1. The van der Waals surface area contributed by atoms with Gasteiger partial charge in [0.25, 0.3) is 5.91 Å². The predicted octanol–water partition coefficient (Wildman–Crippen LogP) is 2.91. The first-order chi connectivity index (χ1) is 9.15. The van der Waals surface area contributed by atoms with Gasteiger partial charge in [0.05, 0.1) is 17.7 Å². The monoisotopic (exact) mass is 281 g/mol. The van der Waals surface area contributed by atoms with Crippen LogP contribution in [0.2, 0.25) is 0 Å². The van der Waals surface area contributed by atoms with E-state index in [1.165, 1.54) is 23.3 Å². The number of hydrogen-bond acceptors (Lipinski definition) is 3. The van der Waals surface area contributed by atoms with E-state index < -0.39 is 5.54 Å². The molecule has 0 saturated carbocycles. The molecule has 1 aromatic rings. The third kappa shape index (κ3) is 2.84. The average molecular weight is 281 g/mol. The van der Waals surface area contributed by atoms with Crippen molar-refractivity contribution in [2.24, 2.45) is 0 Å². The number of fused-ring (bicyclic) bond motifs is 1. The molecule has 1 aliphatic carbocycles. The fourth-order valence-electron chi connectivity index (χ4n) is 2.68. The van der Waals surface area contributed by atoms with Gasteiger partial charge in [-0.05, 0) is 44.1 Å². The summed E-state index contributed by atoms with van der Waals surface area (Å²) in [5, 5.41) is 14.6. The summed E-state index contributed by atoms with van der Waals surface area (Å²) in [6, 6.07) is 0. The number of amides is 1. The molecule has 1 aromatic heterocycles. The fourth-order valence-corrected chi connectivity index (χ4v) is 3.81. The van der Waals surface area contributed by atoms with Crippen molar-refractivity contribution in [1.29, 1.82) is 0 Å². The van der Waals surface area contributed by atoms with E-state index in [1.54, 1.807) is 11.3 Å². The van der Waals surface area contributed by atoms with Crippen LogP contribution in [0.25, 0.3) is 0 Å². The quantitative estimate of drug-likeness (QED) is 0.872. The number of thiophene rings is 1. The molecule has 0 aromatic carbocycles. The molecule has 0 bridgehead atoms. The molecule has 1 amide bonds. The van der Waals surface area contributed by atoms with Crippen molar-refractivity contribution < 1.29 is 9.90 Å². The molecule has 0 saturated heterocycles. The summed E-state index contributed by atoms with van der Waals surface area (Å²) < 4.78 is 0. The maximum Gasteiger partial charge on any atom is 0.252 e. The Morgan fingerprint density at radius 2 is 2.05 bits per heavy atom. The van der Waals surface area contributed by atoms with Crippen LogP contribution in [-0.2, 0) is 12.8 Å². The summed E-state index contributed by atoms with van der Waals surface area (Å²) in [4.78, 5) is 13.8. The van der Waals surface area contributed by atoms with E-state index in [0.717, 1.165) is 31.2 Å². The summed E-state index contributed by atoms with van der Waals surface area (Å²) in [6.07, 6.45) is 6.04. The van der Waals surface area contributed by atoms with Crippen LogP contribution >= 0.6 is 11.3 Å². The standard InChI is InChI=1S/C15H23NO2S/c1-3-15(4-2,10-17)16-14(18)12-9-19-13-8-6-5-7-11(12)13/h9,17H,3-8,10H2,1-2H3,(H,16,18). The van der Waals surface area contributed by atoms with Gasteiger partial charge in [-0.3, -0.25) is 4.79 Å². The predicted molar refractivity (Wildman–Crippen MR) is 78.8 cm³/mol. The maximum absolute atomic E-state index is 12.5. The molecule has 0 unspecified atom stereocenters. The molecule has 0 atom stereocenters. The highest BCUT2D eigenvalue weighted by Gasteiger charge is 2.29. The van der Waals surface area contributed by atoms with Gasteiger partial charge in [0.2, 0.25) is 0 Å². The molecule has 0 aliphatic heterocycles. The SMILES string of the molecule is CCC(CC)(CO)NC(=O)c1csc2c1CCCC2. The number of rotatable bonds is 5. The van der Waals surface area contributed by atoms with E-state index in [-0.39, 0.29) is 12.5 Å². The number of carbonyl (C=O) groups excluding carboxylic acids is 1. The maximum atomic E-state index is 12.5. The first kappa shape index (κ1) is 14.5. The van der Waals surface area contributed by atoms with Crippen molar-refractivity contribution >= 4 is 17.2 Å². The van der Waals surface area contributed by atoms with Crippen LogP contribution in [-0.4, -0.2) is 23.2 Å². The van der Waals surface area contributed by atoms with Crippen molar-refractivity contribution in [3.05, 3.63) is 21.4 Å². The molecule has 0 spiro atoms. The normalized spacial score (nSPS) is 15.1. The number of aliphatic hydroxyl groups excluding tert-OH is 1. The number of nitrogens with one attached hydrogen (secondary N) is 1. The zero-order chi connectivity index (χ0) is 13.9. The first-order valence-electron chi connectivity index (χ1n) is 7.18. The van der Waals surface area contributed by atoms with Crippen molar-refractivity contribution in [2.75, 3.05) is 6.61 Å². The topological polar surface area (TPSA) is 49.3 Å². The molecule has 2 rings (SSSR count). The Labute approximate surface area is 119 Å². The van der Waals surface area contributed by atoms with Crippen LogP contribution in [0.3, 0.4) is 0 Å². The summed E-state index contributed by atoms with van der Waals surface area (Å²) in [5.74, 6) is -0.0165. The Morgan fingerprint density at radius 3 is 2.68 bits per heavy atom. The molecule has 0 radical (unpaired) electrons. The van der Waals surface area contributed by atoms with Crippen molar-refractivity contribution in [3.8, 4) is 0 Å². The average Bonchev–Trinajstić information content (AvgIpc) is 2.89. The van der Waals surface area contributed by atoms with E-state index >= 15 is 0 Å². The lowest BCUT2D eigenvalue weighted by molar-refractivity contribution is 0.0817. The third-order valence-corrected chi connectivity index (χ3v) is 5.43. The van der Waals surface area contributed by atoms with Crippen LogP contribution in [0.4, 0.5) is 0 Å². The van der Waals surface area contributed by atoms with Crippen LogP contribution in [0.1, 0.15) is 60.3 Å². The van der Waals surface area contributed by atoms with Crippen LogP contribution in [0.5, 0.6) is 0 Å². The number of aliphatic hydroxyl groups is 1. The Bertz CT molecular complexity index is 441. The molecule has 2 N–H and O–H groups in total. The Morgan fingerprint density at radius 1 is 1.37 bits per heavy atom. The van der Waals surface area contributed by atoms with Gasteiger partial charge in [-0.1, -0.05) is 13.8 Å². The second kappa shape index (κ2) is 6.06. The van der Waals surface area contributed by atoms with Gasteiger partial charge in [-0.15, -0.1) is 11.3 Å². The minimum Gasteiger partial charge on any atom is -0.394 e. The lowest BCUT2D eigenvalue weighted by Crippen LogP contribution is -2.50. The number of hydrogen-bond donors (Lipinski definition) is 2. The van der Waals surface area contributed by atoms with Gasteiger partial charge in [0.1, 0.15) is 0 Å². The van der Waals surface area contributed by atoms with Gasteiger partial charge in [0, 0.05) is 10.3 Å². The molecule has 106 valence electrons. The zero-order valence-electron chi connectivity index (χ0n) is 11.8. The highest BCUT2D eigenvalue weighted by Crippen LogP contribution is 2.30. The lowest BCUT2D eigenvalue weighted by Gasteiger charge is -2.30. The summed E-state index contributed by atoms with van der Waals surface area (Å²) >= 11 is 1.71. The number of carbonyl (C=O) groups is 1. The van der Waals surface area contributed by atoms with Crippen molar-refractivity contribution in [2.45, 2.75) is 57.9 Å². The van der Waals surface area contributed by atoms with Crippen LogP contribution in [0.15, 0.2) is 5.38 Å². The molecule has 4 heteroatoms. The van der Waals surface area contributed by atoms with E-state index in [4.69, 9.17) is 0 Å². The van der Waals surface area contributed by atoms with E-state index in [9.17, 15) is 9.90 Å². The van der Waals surface area contributed by atoms with Gasteiger partial charge in [0.15, 0.2) is 0 Å². The van der Waals surface area contributed by atoms with E-state index in [1.807, 2.05) is 19.2 Å². The number of aryl methyl sites for hydroxylation is 1. The minimum absolute atomic E-state index is 0.00192. The molecule has 1 heterocycles. The second-order valence-electron chi connectivity index (χ2n) is 5.36. The van der Waals surface area contributed by atoms with Gasteiger partial charge in [-0.2, -0.15) is 0 Å². The lowest BCUT2D eigenvalue weighted by atomic mass is 9.92. The third-order valence-electron chi connectivity index (χ3n) is 4.34. The van der Waals surface area contributed by atoms with Crippen molar-refractivity contribution in [1.82, 2.24) is 5.32 Å². The first-order valence-corrected chi connectivity index (χ1v) is 8.06. The van der Waals surface area contributed by atoms with Gasteiger partial charge >= 0.3 is 0 Å². The molecular weight excluding hydrogens is 258 g/mol. The highest BCUT2D eigenvalue weighted by molar-refractivity contribution is 7.10.